The SMILES string of the molecule is CCNC(=O)CCSCc1nnnn1-c1ccccc1. The Morgan fingerprint density at radius 3 is 2.90 bits per heavy atom. The van der Waals surface area contributed by atoms with Gasteiger partial charge in [-0.05, 0) is 29.5 Å². The second kappa shape index (κ2) is 7.64. The van der Waals surface area contributed by atoms with Gasteiger partial charge in [-0.2, -0.15) is 16.4 Å². The standard InChI is InChI=1S/C13H17N5OS/c1-2-14-13(19)8-9-20-10-12-15-16-17-18(12)11-6-4-3-5-7-11/h3-7H,2,8-10H2,1H3,(H,14,19). The number of aromatic nitrogens is 4. The number of benzene rings is 1. The summed E-state index contributed by atoms with van der Waals surface area (Å²) in [6, 6.07) is 9.76. The van der Waals surface area contributed by atoms with E-state index < -0.39 is 0 Å². The third-order valence-corrected chi connectivity index (χ3v) is 3.57. The zero-order valence-corrected chi connectivity index (χ0v) is 12.1. The summed E-state index contributed by atoms with van der Waals surface area (Å²) in [5, 5.41) is 14.5. The summed E-state index contributed by atoms with van der Waals surface area (Å²) in [6.45, 7) is 2.59. The van der Waals surface area contributed by atoms with Crippen LogP contribution in [0.3, 0.4) is 0 Å². The zero-order chi connectivity index (χ0) is 14.2. The molecule has 6 nitrogen and oxygen atoms in total. The molecule has 0 aliphatic heterocycles. The maximum absolute atomic E-state index is 11.3. The predicted molar refractivity (Wildman–Crippen MR) is 78.6 cm³/mol. The van der Waals surface area contributed by atoms with Gasteiger partial charge in [0.1, 0.15) is 0 Å². The van der Waals surface area contributed by atoms with Crippen LogP contribution in [0.5, 0.6) is 0 Å². The summed E-state index contributed by atoms with van der Waals surface area (Å²) in [6.07, 6.45) is 0.519. The molecule has 106 valence electrons. The van der Waals surface area contributed by atoms with Gasteiger partial charge in [-0.1, -0.05) is 18.2 Å². The molecule has 0 saturated carbocycles. The van der Waals surface area contributed by atoms with Crippen molar-refractivity contribution in [2.75, 3.05) is 12.3 Å². The summed E-state index contributed by atoms with van der Waals surface area (Å²) < 4.78 is 1.72. The number of carbonyl (C=O) groups excluding carboxylic acids is 1. The first-order chi connectivity index (χ1) is 9.81. The second-order valence-corrected chi connectivity index (χ2v) is 5.20. The Morgan fingerprint density at radius 2 is 2.15 bits per heavy atom. The van der Waals surface area contributed by atoms with Crippen molar-refractivity contribution in [1.82, 2.24) is 25.5 Å². The number of carbonyl (C=O) groups is 1. The van der Waals surface area contributed by atoms with E-state index in [9.17, 15) is 4.79 Å². The minimum atomic E-state index is 0.0858. The van der Waals surface area contributed by atoms with E-state index in [0.717, 1.165) is 17.3 Å². The number of hydrogen-bond donors (Lipinski definition) is 1. The molecule has 0 radical (unpaired) electrons. The molecule has 0 spiro atoms. The lowest BCUT2D eigenvalue weighted by atomic mass is 10.3. The van der Waals surface area contributed by atoms with Gasteiger partial charge in [-0.3, -0.25) is 4.79 Å². The lowest BCUT2D eigenvalue weighted by molar-refractivity contribution is -0.120. The number of amides is 1. The first-order valence-corrected chi connectivity index (χ1v) is 7.64. The van der Waals surface area contributed by atoms with E-state index in [2.05, 4.69) is 20.8 Å². The largest absolute Gasteiger partial charge is 0.356 e. The third kappa shape index (κ3) is 4.06. The molecule has 0 fully saturated rings. The molecule has 1 aromatic carbocycles. The minimum absolute atomic E-state index is 0.0858. The Labute approximate surface area is 121 Å². The van der Waals surface area contributed by atoms with Gasteiger partial charge in [-0.25, -0.2) is 0 Å². The van der Waals surface area contributed by atoms with E-state index in [-0.39, 0.29) is 5.91 Å². The van der Waals surface area contributed by atoms with Crippen LogP contribution in [0.25, 0.3) is 5.69 Å². The molecule has 0 unspecified atom stereocenters. The maximum Gasteiger partial charge on any atom is 0.220 e. The van der Waals surface area contributed by atoms with Crippen LogP contribution in [-0.2, 0) is 10.5 Å². The van der Waals surface area contributed by atoms with Gasteiger partial charge in [0.05, 0.1) is 11.4 Å². The molecule has 0 saturated heterocycles. The Bertz CT molecular complexity index is 543. The number of hydrogen-bond acceptors (Lipinski definition) is 5. The topological polar surface area (TPSA) is 72.7 Å². The average Bonchev–Trinajstić information content (AvgIpc) is 2.93. The smallest absolute Gasteiger partial charge is 0.220 e. The van der Waals surface area contributed by atoms with Crippen molar-refractivity contribution in [2.24, 2.45) is 0 Å². The van der Waals surface area contributed by atoms with Crippen LogP contribution in [-0.4, -0.2) is 38.4 Å². The van der Waals surface area contributed by atoms with Gasteiger partial charge in [-0.15, -0.1) is 5.10 Å². The van der Waals surface area contributed by atoms with Crippen LogP contribution < -0.4 is 5.32 Å². The first kappa shape index (κ1) is 14.5. The molecule has 20 heavy (non-hydrogen) atoms. The molecule has 7 heteroatoms. The minimum Gasteiger partial charge on any atom is -0.356 e. The third-order valence-electron chi connectivity index (χ3n) is 2.61. The Balaban J connectivity index is 1.86. The van der Waals surface area contributed by atoms with Crippen molar-refractivity contribution < 1.29 is 4.79 Å². The van der Waals surface area contributed by atoms with Crippen LogP contribution in [0.15, 0.2) is 30.3 Å². The van der Waals surface area contributed by atoms with Crippen molar-refractivity contribution in [2.45, 2.75) is 19.1 Å². The van der Waals surface area contributed by atoms with Crippen molar-refractivity contribution in [3.8, 4) is 5.69 Å². The van der Waals surface area contributed by atoms with Gasteiger partial charge in [0.25, 0.3) is 0 Å². The van der Waals surface area contributed by atoms with Gasteiger partial charge in [0.2, 0.25) is 5.91 Å². The van der Waals surface area contributed by atoms with Crippen LogP contribution in [0.4, 0.5) is 0 Å². The summed E-state index contributed by atoms with van der Waals surface area (Å²) in [5.74, 6) is 2.31. The molecule has 0 bridgehead atoms. The van der Waals surface area contributed by atoms with Crippen LogP contribution in [0, 0.1) is 0 Å². The fraction of sp³-hybridized carbons (Fsp3) is 0.385. The molecule has 0 atom stereocenters. The highest BCUT2D eigenvalue weighted by atomic mass is 32.2. The number of thioether (sulfide) groups is 1. The van der Waals surface area contributed by atoms with Gasteiger partial charge >= 0.3 is 0 Å². The molecule has 1 aromatic heterocycles. The van der Waals surface area contributed by atoms with Crippen molar-refractivity contribution >= 4 is 17.7 Å². The molecule has 1 heterocycles. The average molecular weight is 291 g/mol. The Kier molecular flexibility index (Phi) is 5.55. The van der Waals surface area contributed by atoms with Gasteiger partial charge in [0, 0.05) is 18.7 Å². The van der Waals surface area contributed by atoms with Crippen LogP contribution in [0.1, 0.15) is 19.2 Å². The Hall–Kier alpha value is -1.89. The fourth-order valence-electron chi connectivity index (χ4n) is 1.68. The van der Waals surface area contributed by atoms with E-state index in [1.54, 1.807) is 16.4 Å². The number of para-hydroxylation sites is 1. The van der Waals surface area contributed by atoms with E-state index in [0.29, 0.717) is 18.7 Å². The van der Waals surface area contributed by atoms with Crippen LogP contribution in [0.2, 0.25) is 0 Å². The second-order valence-electron chi connectivity index (χ2n) is 4.10. The molecule has 1 amide bonds. The highest BCUT2D eigenvalue weighted by Gasteiger charge is 2.08. The fourth-order valence-corrected chi connectivity index (χ4v) is 2.52. The first-order valence-electron chi connectivity index (χ1n) is 6.48. The molecular formula is C13H17N5OS. The zero-order valence-electron chi connectivity index (χ0n) is 11.3. The van der Waals surface area contributed by atoms with E-state index >= 15 is 0 Å². The molecule has 1 N–H and O–H groups in total. The Morgan fingerprint density at radius 1 is 1.35 bits per heavy atom. The highest BCUT2D eigenvalue weighted by Crippen LogP contribution is 2.13. The number of rotatable bonds is 7. The quantitative estimate of drug-likeness (QED) is 0.781. The summed E-state index contributed by atoms with van der Waals surface area (Å²) in [5.41, 5.74) is 0.942. The number of nitrogens with zero attached hydrogens (tertiary/aromatic N) is 4. The van der Waals surface area contributed by atoms with E-state index in [4.69, 9.17) is 0 Å². The number of nitrogens with one attached hydrogen (secondary N) is 1. The van der Waals surface area contributed by atoms with Crippen LogP contribution >= 0.6 is 11.8 Å². The maximum atomic E-state index is 11.3. The highest BCUT2D eigenvalue weighted by molar-refractivity contribution is 7.98. The predicted octanol–water partition coefficient (Wildman–Crippen LogP) is 1.42. The van der Waals surface area contributed by atoms with Crippen molar-refractivity contribution in [1.29, 1.82) is 0 Å². The molecule has 0 aliphatic carbocycles. The summed E-state index contributed by atoms with van der Waals surface area (Å²) in [4.78, 5) is 11.3. The van der Waals surface area contributed by atoms with Gasteiger partial charge < -0.3 is 5.32 Å². The molecule has 0 aliphatic rings. The van der Waals surface area contributed by atoms with Crippen molar-refractivity contribution in [3.05, 3.63) is 36.2 Å². The van der Waals surface area contributed by atoms with Crippen molar-refractivity contribution in [3.63, 3.8) is 0 Å². The van der Waals surface area contributed by atoms with Gasteiger partial charge in [0.15, 0.2) is 5.82 Å². The normalized spacial score (nSPS) is 10.4. The molecule has 2 aromatic rings. The van der Waals surface area contributed by atoms with E-state index in [1.807, 2.05) is 37.3 Å². The van der Waals surface area contributed by atoms with E-state index in [1.165, 1.54) is 0 Å². The summed E-state index contributed by atoms with van der Waals surface area (Å²) >= 11 is 1.65. The lowest BCUT2D eigenvalue weighted by Gasteiger charge is -2.04. The monoisotopic (exact) mass is 291 g/mol. The molecular weight excluding hydrogens is 274 g/mol. The molecule has 2 rings (SSSR count). The number of tetrazole rings is 1. The summed E-state index contributed by atoms with van der Waals surface area (Å²) in [7, 11) is 0. The lowest BCUT2D eigenvalue weighted by Crippen LogP contribution is -2.22.